The van der Waals surface area contributed by atoms with Gasteiger partial charge >= 0.3 is 0 Å². The molecule has 1 heterocycles. The van der Waals surface area contributed by atoms with Crippen LogP contribution in [0.5, 0.6) is 5.75 Å². The van der Waals surface area contributed by atoms with E-state index in [2.05, 4.69) is 13.8 Å². The van der Waals surface area contributed by atoms with Crippen LogP contribution in [0.1, 0.15) is 76.9 Å². The van der Waals surface area contributed by atoms with E-state index in [0.29, 0.717) is 42.4 Å². The molecule has 6 heteroatoms. The number of benzene rings is 3. The Kier molecular flexibility index (Phi) is 11.5. The molecule has 4 rings (SSSR count). The van der Waals surface area contributed by atoms with Crippen molar-refractivity contribution in [2.24, 2.45) is 5.92 Å². The standard InChI is InChI=1S/C34H41F3O3/c1-3-5-6-7-8-20-39-32-18-16-28(33(36)34(32)37)26-12-10-25(11-13-26)27-14-15-29(30(35)21-27)31-17-9-24(23-40-31)22-38-19-4-2/h10-16,18,21,24,31H,3-9,17,19-20,22-23H2,1-2H3. The van der Waals surface area contributed by atoms with E-state index >= 15 is 4.39 Å². The molecule has 0 amide bonds. The smallest absolute Gasteiger partial charge is 0.201 e. The molecule has 0 bridgehead atoms. The molecule has 3 nitrogen and oxygen atoms in total. The summed E-state index contributed by atoms with van der Waals surface area (Å²) in [4.78, 5) is 0. The molecule has 0 spiro atoms. The van der Waals surface area contributed by atoms with E-state index in [9.17, 15) is 8.78 Å². The van der Waals surface area contributed by atoms with Gasteiger partial charge in [0.15, 0.2) is 11.6 Å². The summed E-state index contributed by atoms with van der Waals surface area (Å²) in [5.74, 6) is -1.92. The largest absolute Gasteiger partial charge is 0.490 e. The Balaban J connectivity index is 1.37. The van der Waals surface area contributed by atoms with Crippen LogP contribution in [0.25, 0.3) is 22.3 Å². The summed E-state index contributed by atoms with van der Waals surface area (Å²) < 4.78 is 61.8. The summed E-state index contributed by atoms with van der Waals surface area (Å²) in [5.41, 5.74) is 2.76. The number of unbranched alkanes of at least 4 members (excludes halogenated alkanes) is 4. The minimum absolute atomic E-state index is 0.0637. The highest BCUT2D eigenvalue weighted by atomic mass is 19.2. The van der Waals surface area contributed by atoms with Gasteiger partial charge in [-0.25, -0.2) is 8.78 Å². The zero-order chi connectivity index (χ0) is 28.3. The van der Waals surface area contributed by atoms with Gasteiger partial charge in [-0.05, 0) is 60.6 Å². The van der Waals surface area contributed by atoms with Crippen LogP contribution in [0.2, 0.25) is 0 Å². The molecule has 40 heavy (non-hydrogen) atoms. The Morgan fingerprint density at radius 1 is 0.750 bits per heavy atom. The molecule has 0 radical (unpaired) electrons. The van der Waals surface area contributed by atoms with Crippen LogP contribution in [0.15, 0.2) is 54.6 Å². The summed E-state index contributed by atoms with van der Waals surface area (Å²) in [6.45, 7) is 6.61. The second kappa shape index (κ2) is 15.2. The molecule has 1 aliphatic heterocycles. The van der Waals surface area contributed by atoms with E-state index in [1.807, 2.05) is 6.07 Å². The third-order valence-electron chi connectivity index (χ3n) is 7.50. The summed E-state index contributed by atoms with van der Waals surface area (Å²) in [7, 11) is 0. The molecule has 0 saturated carbocycles. The van der Waals surface area contributed by atoms with Crippen molar-refractivity contribution in [3.63, 3.8) is 0 Å². The molecule has 3 aromatic carbocycles. The first kappa shape index (κ1) is 30.1. The molecule has 0 N–H and O–H groups in total. The van der Waals surface area contributed by atoms with Gasteiger partial charge in [0.1, 0.15) is 5.82 Å². The topological polar surface area (TPSA) is 27.7 Å². The van der Waals surface area contributed by atoms with Gasteiger partial charge in [0.25, 0.3) is 0 Å². The predicted octanol–water partition coefficient (Wildman–Crippen LogP) is 9.68. The van der Waals surface area contributed by atoms with Crippen molar-refractivity contribution < 1.29 is 27.4 Å². The van der Waals surface area contributed by atoms with E-state index < -0.39 is 11.6 Å². The van der Waals surface area contributed by atoms with Crippen LogP contribution >= 0.6 is 0 Å². The Labute approximate surface area is 236 Å². The maximum absolute atomic E-state index is 15.1. The highest BCUT2D eigenvalue weighted by Gasteiger charge is 2.25. The van der Waals surface area contributed by atoms with Crippen molar-refractivity contribution in [2.75, 3.05) is 26.4 Å². The maximum Gasteiger partial charge on any atom is 0.201 e. The molecule has 0 aliphatic carbocycles. The van der Waals surface area contributed by atoms with Gasteiger partial charge in [-0.2, -0.15) is 4.39 Å². The number of hydrogen-bond acceptors (Lipinski definition) is 3. The Morgan fingerprint density at radius 3 is 2.20 bits per heavy atom. The third kappa shape index (κ3) is 7.88. The fourth-order valence-corrected chi connectivity index (χ4v) is 5.14. The van der Waals surface area contributed by atoms with Gasteiger partial charge in [0.2, 0.25) is 5.82 Å². The monoisotopic (exact) mass is 554 g/mol. The summed E-state index contributed by atoms with van der Waals surface area (Å²) >= 11 is 0. The highest BCUT2D eigenvalue weighted by molar-refractivity contribution is 5.71. The molecule has 216 valence electrons. The summed E-state index contributed by atoms with van der Waals surface area (Å²) in [6, 6.07) is 15.2. The van der Waals surface area contributed by atoms with E-state index in [4.69, 9.17) is 14.2 Å². The highest BCUT2D eigenvalue weighted by Crippen LogP contribution is 2.35. The minimum Gasteiger partial charge on any atom is -0.490 e. The third-order valence-corrected chi connectivity index (χ3v) is 7.50. The Hall–Kier alpha value is -2.83. The Morgan fingerprint density at radius 2 is 1.50 bits per heavy atom. The van der Waals surface area contributed by atoms with Crippen molar-refractivity contribution in [3.8, 4) is 28.0 Å². The number of ether oxygens (including phenoxy) is 3. The lowest BCUT2D eigenvalue weighted by Crippen LogP contribution is -2.25. The first-order chi connectivity index (χ1) is 19.5. The van der Waals surface area contributed by atoms with Crippen LogP contribution in [0, 0.1) is 23.4 Å². The van der Waals surface area contributed by atoms with Gasteiger partial charge in [-0.3, -0.25) is 0 Å². The second-order valence-electron chi connectivity index (χ2n) is 10.7. The van der Waals surface area contributed by atoms with Gasteiger partial charge in [0.05, 0.1) is 25.9 Å². The van der Waals surface area contributed by atoms with E-state index in [1.165, 1.54) is 18.6 Å². The van der Waals surface area contributed by atoms with Crippen molar-refractivity contribution in [1.29, 1.82) is 0 Å². The Bertz CT molecular complexity index is 1200. The summed E-state index contributed by atoms with van der Waals surface area (Å²) in [5, 5.41) is 0. The van der Waals surface area contributed by atoms with Crippen molar-refractivity contribution in [1.82, 2.24) is 0 Å². The zero-order valence-corrected chi connectivity index (χ0v) is 23.7. The lowest BCUT2D eigenvalue weighted by molar-refractivity contribution is -0.0446. The van der Waals surface area contributed by atoms with Crippen LogP contribution in [0.4, 0.5) is 13.2 Å². The van der Waals surface area contributed by atoms with Crippen LogP contribution in [-0.4, -0.2) is 26.4 Å². The fourth-order valence-electron chi connectivity index (χ4n) is 5.14. The van der Waals surface area contributed by atoms with E-state index in [0.717, 1.165) is 57.1 Å². The number of halogens is 3. The van der Waals surface area contributed by atoms with Crippen LogP contribution in [0.3, 0.4) is 0 Å². The van der Waals surface area contributed by atoms with Crippen molar-refractivity contribution in [3.05, 3.63) is 77.6 Å². The van der Waals surface area contributed by atoms with Gasteiger partial charge < -0.3 is 14.2 Å². The van der Waals surface area contributed by atoms with E-state index in [1.54, 1.807) is 36.4 Å². The fraction of sp³-hybridized carbons (Fsp3) is 0.471. The van der Waals surface area contributed by atoms with Crippen molar-refractivity contribution in [2.45, 2.75) is 71.3 Å². The van der Waals surface area contributed by atoms with Crippen LogP contribution < -0.4 is 4.74 Å². The molecular formula is C34H41F3O3. The molecule has 2 atom stereocenters. The summed E-state index contributed by atoms with van der Waals surface area (Å²) in [6.07, 6.45) is 7.70. The average Bonchev–Trinajstić information content (AvgIpc) is 2.98. The normalized spacial score (nSPS) is 17.2. The number of hydrogen-bond donors (Lipinski definition) is 0. The second-order valence-corrected chi connectivity index (χ2v) is 10.7. The maximum atomic E-state index is 15.1. The average molecular weight is 555 g/mol. The molecule has 1 fully saturated rings. The molecule has 3 aromatic rings. The first-order valence-corrected chi connectivity index (χ1v) is 14.7. The number of rotatable bonds is 14. The van der Waals surface area contributed by atoms with Crippen LogP contribution in [-0.2, 0) is 9.47 Å². The zero-order valence-electron chi connectivity index (χ0n) is 23.7. The van der Waals surface area contributed by atoms with Gasteiger partial charge in [-0.15, -0.1) is 0 Å². The SMILES string of the molecule is CCCCCCCOc1ccc(-c2ccc(-c3ccc(C4CCC(COCCC)CO4)c(F)c3)cc2)c(F)c1F. The molecule has 0 aromatic heterocycles. The minimum atomic E-state index is -0.975. The first-order valence-electron chi connectivity index (χ1n) is 14.7. The van der Waals surface area contributed by atoms with Gasteiger partial charge in [-0.1, -0.05) is 75.9 Å². The molecule has 1 saturated heterocycles. The lowest BCUT2D eigenvalue weighted by atomic mass is 9.93. The quantitative estimate of drug-likeness (QED) is 0.186. The lowest BCUT2D eigenvalue weighted by Gasteiger charge is -2.29. The van der Waals surface area contributed by atoms with Gasteiger partial charge in [0, 0.05) is 23.7 Å². The molecule has 1 aliphatic rings. The predicted molar refractivity (Wildman–Crippen MR) is 154 cm³/mol. The molecule has 2 unspecified atom stereocenters. The molecular weight excluding hydrogens is 513 g/mol. The van der Waals surface area contributed by atoms with Crippen molar-refractivity contribution >= 4 is 0 Å². The van der Waals surface area contributed by atoms with E-state index in [-0.39, 0.29) is 23.2 Å².